The lowest BCUT2D eigenvalue weighted by atomic mass is 10.1. The fourth-order valence-corrected chi connectivity index (χ4v) is 3.37. The average molecular weight is 346 g/mol. The Morgan fingerprint density at radius 2 is 1.84 bits per heavy atom. The zero-order chi connectivity index (χ0) is 17.8. The molecule has 2 heterocycles. The highest BCUT2D eigenvalue weighted by atomic mass is 16.5. The van der Waals surface area contributed by atoms with Gasteiger partial charge in [0.25, 0.3) is 5.91 Å². The number of ether oxygens (including phenoxy) is 2. The van der Waals surface area contributed by atoms with Crippen LogP contribution in [0.3, 0.4) is 0 Å². The maximum atomic E-state index is 12.6. The predicted octanol–water partition coefficient (Wildman–Crippen LogP) is 1.59. The summed E-state index contributed by atoms with van der Waals surface area (Å²) < 4.78 is 10.9. The molecular weight excluding hydrogens is 320 g/mol. The standard InChI is InChI=1S/C19H26N2O4/c1-13-10-21(11-14(2)25-13)19(23)16-5-3-15(4-6-16)9-20-18(22)17-7-8-24-12-17/h3-6,13-14,17H,7-12H2,1-2H3,(H,20,22)/t13-,14+,17-/m0/s1. The van der Waals surface area contributed by atoms with Crippen LogP contribution in [0.4, 0.5) is 0 Å². The highest BCUT2D eigenvalue weighted by Gasteiger charge is 2.26. The molecule has 1 N–H and O–H groups in total. The van der Waals surface area contributed by atoms with Crippen LogP contribution in [0.15, 0.2) is 24.3 Å². The minimum absolute atomic E-state index is 0.0284. The molecule has 2 amide bonds. The van der Waals surface area contributed by atoms with Gasteiger partial charge in [-0.25, -0.2) is 0 Å². The number of carbonyl (C=O) groups is 2. The number of amides is 2. The van der Waals surface area contributed by atoms with Gasteiger partial charge in [-0.3, -0.25) is 9.59 Å². The van der Waals surface area contributed by atoms with Gasteiger partial charge >= 0.3 is 0 Å². The van der Waals surface area contributed by atoms with Gasteiger partial charge in [-0.1, -0.05) is 12.1 Å². The fraction of sp³-hybridized carbons (Fsp3) is 0.579. The van der Waals surface area contributed by atoms with E-state index in [1.807, 2.05) is 43.0 Å². The van der Waals surface area contributed by atoms with Gasteiger partial charge < -0.3 is 19.7 Å². The van der Waals surface area contributed by atoms with Crippen molar-refractivity contribution in [1.82, 2.24) is 10.2 Å². The number of nitrogens with zero attached hydrogens (tertiary/aromatic N) is 1. The van der Waals surface area contributed by atoms with Gasteiger partial charge in [-0.15, -0.1) is 0 Å². The summed E-state index contributed by atoms with van der Waals surface area (Å²) in [6.07, 6.45) is 0.902. The molecule has 1 aromatic rings. The first-order chi connectivity index (χ1) is 12.0. The monoisotopic (exact) mass is 346 g/mol. The Kier molecular flexibility index (Phi) is 5.71. The molecule has 0 spiro atoms. The smallest absolute Gasteiger partial charge is 0.254 e. The summed E-state index contributed by atoms with van der Waals surface area (Å²) in [7, 11) is 0. The van der Waals surface area contributed by atoms with Gasteiger partial charge in [0, 0.05) is 31.8 Å². The lowest BCUT2D eigenvalue weighted by Gasteiger charge is -2.35. The topological polar surface area (TPSA) is 67.9 Å². The number of carbonyl (C=O) groups excluding carboxylic acids is 2. The molecule has 0 radical (unpaired) electrons. The van der Waals surface area contributed by atoms with Crippen LogP contribution in [0, 0.1) is 5.92 Å². The van der Waals surface area contributed by atoms with E-state index in [9.17, 15) is 9.59 Å². The van der Waals surface area contributed by atoms with Crippen molar-refractivity contribution in [3.05, 3.63) is 35.4 Å². The molecule has 6 nitrogen and oxygen atoms in total. The molecule has 0 unspecified atom stereocenters. The van der Waals surface area contributed by atoms with E-state index in [4.69, 9.17) is 9.47 Å². The SMILES string of the molecule is C[C@@H]1CN(C(=O)c2ccc(CNC(=O)[C@H]3CCOC3)cc2)C[C@H](C)O1. The van der Waals surface area contributed by atoms with Gasteiger partial charge in [0.1, 0.15) is 0 Å². The Labute approximate surface area is 148 Å². The molecule has 2 aliphatic heterocycles. The normalized spacial score (nSPS) is 26.5. The van der Waals surface area contributed by atoms with Crippen LogP contribution in [-0.4, -0.2) is 55.2 Å². The molecule has 136 valence electrons. The van der Waals surface area contributed by atoms with E-state index in [2.05, 4.69) is 5.32 Å². The second kappa shape index (κ2) is 7.97. The van der Waals surface area contributed by atoms with Crippen LogP contribution in [0.1, 0.15) is 36.2 Å². The van der Waals surface area contributed by atoms with Crippen molar-refractivity contribution in [2.75, 3.05) is 26.3 Å². The van der Waals surface area contributed by atoms with E-state index in [1.165, 1.54) is 0 Å². The van der Waals surface area contributed by atoms with Crippen molar-refractivity contribution in [2.45, 2.75) is 39.0 Å². The maximum Gasteiger partial charge on any atom is 0.254 e. The highest BCUT2D eigenvalue weighted by Crippen LogP contribution is 2.16. The Morgan fingerprint density at radius 1 is 1.16 bits per heavy atom. The van der Waals surface area contributed by atoms with Crippen molar-refractivity contribution in [3.63, 3.8) is 0 Å². The van der Waals surface area contributed by atoms with Crippen molar-refractivity contribution in [1.29, 1.82) is 0 Å². The molecule has 3 rings (SSSR count). The van der Waals surface area contributed by atoms with Crippen molar-refractivity contribution >= 4 is 11.8 Å². The Balaban J connectivity index is 1.54. The first kappa shape index (κ1) is 17.9. The summed E-state index contributed by atoms with van der Waals surface area (Å²) in [4.78, 5) is 26.5. The van der Waals surface area contributed by atoms with Crippen LogP contribution < -0.4 is 5.32 Å². The molecule has 25 heavy (non-hydrogen) atoms. The minimum Gasteiger partial charge on any atom is -0.381 e. The van der Waals surface area contributed by atoms with E-state index in [0.29, 0.717) is 38.4 Å². The number of hydrogen-bond donors (Lipinski definition) is 1. The zero-order valence-electron chi connectivity index (χ0n) is 14.9. The third-order valence-electron chi connectivity index (χ3n) is 4.67. The van der Waals surface area contributed by atoms with Gasteiger partial charge in [0.15, 0.2) is 0 Å². The third-order valence-corrected chi connectivity index (χ3v) is 4.67. The molecule has 6 heteroatoms. The second-order valence-corrected chi connectivity index (χ2v) is 6.94. The number of nitrogens with one attached hydrogen (secondary N) is 1. The van der Waals surface area contributed by atoms with Crippen molar-refractivity contribution < 1.29 is 19.1 Å². The molecule has 0 bridgehead atoms. The average Bonchev–Trinajstić information content (AvgIpc) is 3.13. The van der Waals surface area contributed by atoms with Crippen LogP contribution >= 0.6 is 0 Å². The van der Waals surface area contributed by atoms with Crippen LogP contribution in [0.5, 0.6) is 0 Å². The van der Waals surface area contributed by atoms with Crippen molar-refractivity contribution in [2.24, 2.45) is 5.92 Å². The number of morpholine rings is 1. The van der Waals surface area contributed by atoms with E-state index in [1.54, 1.807) is 0 Å². The van der Waals surface area contributed by atoms with Crippen molar-refractivity contribution in [3.8, 4) is 0 Å². The van der Waals surface area contributed by atoms with E-state index >= 15 is 0 Å². The van der Waals surface area contributed by atoms with Crippen LogP contribution in [-0.2, 0) is 20.8 Å². The molecule has 3 atom stereocenters. The molecule has 2 saturated heterocycles. The lowest BCUT2D eigenvalue weighted by Crippen LogP contribution is -2.48. The third kappa shape index (κ3) is 4.58. The summed E-state index contributed by atoms with van der Waals surface area (Å²) in [5.74, 6) is 0.0285. The summed E-state index contributed by atoms with van der Waals surface area (Å²) >= 11 is 0. The molecule has 0 aliphatic carbocycles. The minimum atomic E-state index is -0.0360. The highest BCUT2D eigenvalue weighted by molar-refractivity contribution is 5.94. The van der Waals surface area contributed by atoms with E-state index in [-0.39, 0.29) is 29.9 Å². The number of rotatable bonds is 4. The Morgan fingerprint density at radius 3 is 2.44 bits per heavy atom. The molecule has 0 saturated carbocycles. The summed E-state index contributed by atoms with van der Waals surface area (Å²) in [6, 6.07) is 7.44. The maximum absolute atomic E-state index is 12.6. The van der Waals surface area contributed by atoms with Crippen LogP contribution in [0.25, 0.3) is 0 Å². The van der Waals surface area contributed by atoms with Gasteiger partial charge in [0.05, 0.1) is 24.7 Å². The van der Waals surface area contributed by atoms with Gasteiger partial charge in [-0.2, -0.15) is 0 Å². The molecule has 0 aromatic heterocycles. The Bertz CT molecular complexity index is 600. The molecule has 1 aromatic carbocycles. The summed E-state index contributed by atoms with van der Waals surface area (Å²) in [6.45, 7) is 6.84. The zero-order valence-corrected chi connectivity index (χ0v) is 14.9. The van der Waals surface area contributed by atoms with Gasteiger partial charge in [0.2, 0.25) is 5.91 Å². The number of hydrogen-bond acceptors (Lipinski definition) is 4. The summed E-state index contributed by atoms with van der Waals surface area (Å²) in [5, 5.41) is 2.93. The number of benzene rings is 1. The quantitative estimate of drug-likeness (QED) is 0.899. The molecule has 2 aliphatic rings. The molecule has 2 fully saturated rings. The second-order valence-electron chi connectivity index (χ2n) is 6.94. The first-order valence-corrected chi connectivity index (χ1v) is 8.92. The van der Waals surface area contributed by atoms with Crippen LogP contribution in [0.2, 0.25) is 0 Å². The summed E-state index contributed by atoms with van der Waals surface area (Å²) in [5.41, 5.74) is 1.65. The van der Waals surface area contributed by atoms with E-state index < -0.39 is 0 Å². The Hall–Kier alpha value is -1.92. The lowest BCUT2D eigenvalue weighted by molar-refractivity contribution is -0.125. The molecular formula is C19H26N2O4. The fourth-order valence-electron chi connectivity index (χ4n) is 3.37. The largest absolute Gasteiger partial charge is 0.381 e. The van der Waals surface area contributed by atoms with Gasteiger partial charge in [-0.05, 0) is 38.0 Å². The van der Waals surface area contributed by atoms with E-state index in [0.717, 1.165) is 12.0 Å². The first-order valence-electron chi connectivity index (χ1n) is 8.92. The predicted molar refractivity (Wildman–Crippen MR) is 93.1 cm³/mol.